The van der Waals surface area contributed by atoms with Gasteiger partial charge in [-0.15, -0.1) is 0 Å². The number of amides is 1. The van der Waals surface area contributed by atoms with Gasteiger partial charge >= 0.3 is 0 Å². The average Bonchev–Trinajstić information content (AvgIpc) is 2.87. The lowest BCUT2D eigenvalue weighted by atomic mass is 10.1. The number of ether oxygens (including phenoxy) is 2. The van der Waals surface area contributed by atoms with Gasteiger partial charge in [0.1, 0.15) is 0 Å². The van der Waals surface area contributed by atoms with Crippen LogP contribution in [0, 0.1) is 0 Å². The molecule has 1 saturated heterocycles. The van der Waals surface area contributed by atoms with E-state index in [1.54, 1.807) is 24.5 Å². The summed E-state index contributed by atoms with van der Waals surface area (Å²) in [7, 11) is 3.46. The van der Waals surface area contributed by atoms with Crippen molar-refractivity contribution in [1.82, 2.24) is 10.3 Å². The molecule has 172 valence electrons. The van der Waals surface area contributed by atoms with E-state index in [0.717, 1.165) is 35.7 Å². The van der Waals surface area contributed by atoms with Gasteiger partial charge in [0.15, 0.2) is 11.5 Å². The van der Waals surface area contributed by atoms with Crippen molar-refractivity contribution in [2.24, 2.45) is 0 Å². The molecule has 1 aromatic heterocycles. The number of nitrogens with one attached hydrogen (secondary N) is 1. The van der Waals surface area contributed by atoms with Crippen LogP contribution in [0.4, 0.5) is 17.1 Å². The third-order valence-corrected chi connectivity index (χ3v) is 5.71. The van der Waals surface area contributed by atoms with Crippen molar-refractivity contribution >= 4 is 23.0 Å². The molecule has 0 radical (unpaired) electrons. The Labute approximate surface area is 193 Å². The largest absolute Gasteiger partial charge is 0.504 e. The molecule has 1 aliphatic heterocycles. The molecule has 33 heavy (non-hydrogen) atoms. The van der Waals surface area contributed by atoms with E-state index in [2.05, 4.69) is 15.2 Å². The fourth-order valence-electron chi connectivity index (χ4n) is 3.83. The van der Waals surface area contributed by atoms with Crippen LogP contribution in [0.25, 0.3) is 0 Å². The highest BCUT2D eigenvalue weighted by molar-refractivity contribution is 6.01. The molecular weight excluding hydrogens is 420 g/mol. The minimum atomic E-state index is -0.184. The smallest absolute Gasteiger partial charge is 0.253 e. The first-order valence-corrected chi connectivity index (χ1v) is 10.8. The lowest BCUT2D eigenvalue weighted by Crippen LogP contribution is -2.38. The zero-order valence-corrected chi connectivity index (χ0v) is 18.8. The summed E-state index contributed by atoms with van der Waals surface area (Å²) in [6.45, 7) is 3.00. The van der Waals surface area contributed by atoms with Crippen LogP contribution < -0.4 is 19.9 Å². The third-order valence-electron chi connectivity index (χ3n) is 5.71. The van der Waals surface area contributed by atoms with E-state index in [9.17, 15) is 9.90 Å². The fraction of sp³-hybridized carbons (Fsp3) is 0.280. The summed E-state index contributed by atoms with van der Waals surface area (Å²) < 4.78 is 10.6. The maximum atomic E-state index is 13.3. The quantitative estimate of drug-likeness (QED) is 0.573. The van der Waals surface area contributed by atoms with Crippen LogP contribution in [-0.2, 0) is 11.3 Å². The summed E-state index contributed by atoms with van der Waals surface area (Å²) in [5.74, 6) is 0.252. The summed E-state index contributed by atoms with van der Waals surface area (Å²) in [6.07, 6.45) is 3.48. The Morgan fingerprint density at radius 2 is 1.88 bits per heavy atom. The zero-order valence-electron chi connectivity index (χ0n) is 18.8. The van der Waals surface area contributed by atoms with Gasteiger partial charge in [0.25, 0.3) is 5.91 Å². The number of phenolic OH excluding ortho intramolecular Hbond substituents is 1. The van der Waals surface area contributed by atoms with E-state index in [0.29, 0.717) is 24.5 Å². The molecule has 8 nitrogen and oxygen atoms in total. The Hall–Kier alpha value is -3.78. The number of phenols is 1. The lowest BCUT2D eigenvalue weighted by molar-refractivity contribution is 0.0949. The number of aromatic nitrogens is 1. The molecule has 0 unspecified atom stereocenters. The number of methoxy groups -OCH3 is 1. The highest BCUT2D eigenvalue weighted by atomic mass is 16.5. The van der Waals surface area contributed by atoms with E-state index in [1.807, 2.05) is 48.3 Å². The molecule has 0 saturated carbocycles. The standard InChI is InChI=1S/C25H28N4O4/c1-28(19-7-9-26-10-8-19)20-4-5-22(29-11-13-33-14-12-29)21(16-20)25(31)27-17-18-3-6-24(32-2)23(30)15-18/h3-10,15-16,30H,11-14,17H2,1-2H3,(H,27,31). The number of morpholine rings is 1. The van der Waals surface area contributed by atoms with Gasteiger partial charge in [-0.3, -0.25) is 9.78 Å². The molecule has 2 N–H and O–H groups in total. The van der Waals surface area contributed by atoms with Gasteiger partial charge < -0.3 is 29.7 Å². The third kappa shape index (κ3) is 5.18. The molecule has 4 rings (SSSR count). The van der Waals surface area contributed by atoms with Gasteiger partial charge in [0, 0.05) is 56.1 Å². The number of anilines is 3. The van der Waals surface area contributed by atoms with Gasteiger partial charge in [-0.25, -0.2) is 0 Å². The number of aromatic hydroxyl groups is 1. The molecular formula is C25H28N4O4. The second kappa shape index (κ2) is 10.2. The molecule has 0 aliphatic carbocycles. The number of carbonyl (C=O) groups excluding carboxylic acids is 1. The minimum absolute atomic E-state index is 0.0410. The lowest BCUT2D eigenvalue weighted by Gasteiger charge is -2.31. The van der Waals surface area contributed by atoms with Crippen molar-refractivity contribution in [3.05, 3.63) is 72.1 Å². The summed E-state index contributed by atoms with van der Waals surface area (Å²) in [4.78, 5) is 21.6. The van der Waals surface area contributed by atoms with Crippen LogP contribution in [0.5, 0.6) is 11.5 Å². The van der Waals surface area contributed by atoms with Crippen molar-refractivity contribution in [1.29, 1.82) is 0 Å². The predicted molar refractivity (Wildman–Crippen MR) is 128 cm³/mol. The number of rotatable bonds is 7. The van der Waals surface area contributed by atoms with Crippen LogP contribution >= 0.6 is 0 Å². The predicted octanol–water partition coefficient (Wildman–Crippen LogP) is 3.33. The molecule has 1 amide bonds. The van der Waals surface area contributed by atoms with Crippen molar-refractivity contribution in [3.63, 3.8) is 0 Å². The van der Waals surface area contributed by atoms with Gasteiger partial charge in [0.05, 0.1) is 25.9 Å². The molecule has 3 aromatic rings. The molecule has 1 fully saturated rings. The Balaban J connectivity index is 1.60. The molecule has 0 bridgehead atoms. The van der Waals surface area contributed by atoms with Crippen molar-refractivity contribution in [2.45, 2.75) is 6.54 Å². The van der Waals surface area contributed by atoms with Crippen LogP contribution in [0.15, 0.2) is 60.9 Å². The molecule has 2 aromatic carbocycles. The second-order valence-corrected chi connectivity index (χ2v) is 7.75. The number of hydrogen-bond donors (Lipinski definition) is 2. The molecule has 0 spiro atoms. The van der Waals surface area contributed by atoms with E-state index in [1.165, 1.54) is 7.11 Å². The van der Waals surface area contributed by atoms with Gasteiger partial charge in [0.2, 0.25) is 0 Å². The van der Waals surface area contributed by atoms with E-state index in [4.69, 9.17) is 9.47 Å². The van der Waals surface area contributed by atoms with E-state index >= 15 is 0 Å². The number of carbonyl (C=O) groups is 1. The van der Waals surface area contributed by atoms with E-state index < -0.39 is 0 Å². The summed E-state index contributed by atoms with van der Waals surface area (Å²) in [6, 6.07) is 14.9. The first-order valence-electron chi connectivity index (χ1n) is 10.8. The van der Waals surface area contributed by atoms with Gasteiger partial charge in [-0.1, -0.05) is 6.07 Å². The topological polar surface area (TPSA) is 87.2 Å². The Bertz CT molecular complexity index is 1100. The zero-order chi connectivity index (χ0) is 23.2. The van der Waals surface area contributed by atoms with Crippen molar-refractivity contribution in [2.75, 3.05) is 50.3 Å². The van der Waals surface area contributed by atoms with Gasteiger partial charge in [-0.2, -0.15) is 0 Å². The first-order chi connectivity index (χ1) is 16.1. The fourth-order valence-corrected chi connectivity index (χ4v) is 3.83. The minimum Gasteiger partial charge on any atom is -0.504 e. The molecule has 2 heterocycles. The van der Waals surface area contributed by atoms with Crippen molar-refractivity contribution < 1.29 is 19.4 Å². The number of pyridine rings is 1. The number of hydrogen-bond acceptors (Lipinski definition) is 7. The Kier molecular flexibility index (Phi) is 6.95. The number of nitrogens with zero attached hydrogens (tertiary/aromatic N) is 3. The number of benzene rings is 2. The Morgan fingerprint density at radius 3 is 2.58 bits per heavy atom. The van der Waals surface area contributed by atoms with Crippen LogP contribution in [0.3, 0.4) is 0 Å². The normalized spacial score (nSPS) is 13.5. The highest BCUT2D eigenvalue weighted by Gasteiger charge is 2.20. The highest BCUT2D eigenvalue weighted by Crippen LogP contribution is 2.30. The average molecular weight is 449 g/mol. The van der Waals surface area contributed by atoms with Crippen LogP contribution in [-0.4, -0.2) is 56.5 Å². The second-order valence-electron chi connectivity index (χ2n) is 7.75. The monoisotopic (exact) mass is 448 g/mol. The van der Waals surface area contributed by atoms with Gasteiger partial charge in [-0.05, 0) is 48.0 Å². The summed E-state index contributed by atoms with van der Waals surface area (Å²) >= 11 is 0. The Morgan fingerprint density at radius 1 is 1.12 bits per heavy atom. The maximum absolute atomic E-state index is 13.3. The molecule has 8 heteroatoms. The molecule has 1 aliphatic rings. The van der Waals surface area contributed by atoms with Crippen LogP contribution in [0.2, 0.25) is 0 Å². The van der Waals surface area contributed by atoms with Crippen molar-refractivity contribution in [3.8, 4) is 11.5 Å². The van der Waals surface area contributed by atoms with E-state index in [-0.39, 0.29) is 18.2 Å². The summed E-state index contributed by atoms with van der Waals surface area (Å²) in [5.41, 5.74) is 4.11. The van der Waals surface area contributed by atoms with Crippen LogP contribution in [0.1, 0.15) is 15.9 Å². The summed E-state index contributed by atoms with van der Waals surface area (Å²) in [5, 5.41) is 13.0. The molecule has 0 atom stereocenters. The SMILES string of the molecule is COc1ccc(CNC(=O)c2cc(N(C)c3ccncc3)ccc2N2CCOCC2)cc1O. The maximum Gasteiger partial charge on any atom is 0.253 e. The first kappa shape index (κ1) is 22.4.